The van der Waals surface area contributed by atoms with Gasteiger partial charge in [-0.15, -0.1) is 0 Å². The number of aromatic nitrogens is 2. The summed E-state index contributed by atoms with van der Waals surface area (Å²) in [6.45, 7) is 0. The summed E-state index contributed by atoms with van der Waals surface area (Å²) < 4.78 is 1.67. The van der Waals surface area contributed by atoms with E-state index in [0.717, 1.165) is 5.56 Å². The second-order valence-corrected chi connectivity index (χ2v) is 3.61. The molecule has 1 unspecified atom stereocenters. The molecule has 2 N–H and O–H groups in total. The van der Waals surface area contributed by atoms with Crippen molar-refractivity contribution in [1.29, 1.82) is 0 Å². The van der Waals surface area contributed by atoms with Crippen LogP contribution < -0.4 is 5.73 Å². The van der Waals surface area contributed by atoms with Crippen LogP contribution in [0.2, 0.25) is 0 Å². The Kier molecular flexibility index (Phi) is 2.83. The third-order valence-electron chi connectivity index (χ3n) is 2.48. The van der Waals surface area contributed by atoms with Gasteiger partial charge in [0.05, 0.1) is 6.04 Å². The number of nitrogens with two attached hydrogens (primary N) is 1. The average Bonchev–Trinajstić information content (AvgIpc) is 2.75. The van der Waals surface area contributed by atoms with Gasteiger partial charge in [0.25, 0.3) is 0 Å². The summed E-state index contributed by atoms with van der Waals surface area (Å²) >= 11 is 0. The van der Waals surface area contributed by atoms with E-state index in [1.807, 2.05) is 30.3 Å². The first-order valence-corrected chi connectivity index (χ1v) is 5.02. The van der Waals surface area contributed by atoms with Crippen LogP contribution in [0.3, 0.4) is 0 Å². The molecule has 1 aromatic carbocycles. The molecule has 16 heavy (non-hydrogen) atoms. The average molecular weight is 215 g/mol. The normalized spacial score (nSPS) is 12.4. The van der Waals surface area contributed by atoms with Crippen molar-refractivity contribution in [3.05, 3.63) is 54.1 Å². The SMILES string of the molecule is Cn1ccnc1C(=O)C(N)c1ccccc1. The zero-order valence-corrected chi connectivity index (χ0v) is 9.00. The summed E-state index contributed by atoms with van der Waals surface area (Å²) in [6.07, 6.45) is 3.32. The number of aryl methyl sites for hydroxylation is 1. The van der Waals surface area contributed by atoms with Crippen molar-refractivity contribution >= 4 is 5.78 Å². The van der Waals surface area contributed by atoms with E-state index in [1.165, 1.54) is 0 Å². The zero-order chi connectivity index (χ0) is 11.5. The summed E-state index contributed by atoms with van der Waals surface area (Å²) in [5.41, 5.74) is 6.70. The molecule has 4 heteroatoms. The molecule has 0 aliphatic rings. The molecule has 82 valence electrons. The second-order valence-electron chi connectivity index (χ2n) is 3.61. The first-order valence-electron chi connectivity index (χ1n) is 5.02. The van der Waals surface area contributed by atoms with Crippen molar-refractivity contribution in [2.24, 2.45) is 12.8 Å². The molecular weight excluding hydrogens is 202 g/mol. The van der Waals surface area contributed by atoms with Gasteiger partial charge >= 0.3 is 0 Å². The monoisotopic (exact) mass is 215 g/mol. The standard InChI is InChI=1S/C12H13N3O/c1-15-8-7-14-12(15)11(16)10(13)9-5-3-2-4-6-9/h2-8,10H,13H2,1H3. The smallest absolute Gasteiger partial charge is 0.219 e. The number of carbonyl (C=O) groups is 1. The lowest BCUT2D eigenvalue weighted by Crippen LogP contribution is -2.24. The van der Waals surface area contributed by atoms with Gasteiger partial charge in [-0.1, -0.05) is 30.3 Å². The highest BCUT2D eigenvalue weighted by molar-refractivity contribution is 5.97. The Morgan fingerprint density at radius 3 is 2.62 bits per heavy atom. The summed E-state index contributed by atoms with van der Waals surface area (Å²) in [5, 5.41) is 0. The quantitative estimate of drug-likeness (QED) is 0.785. The number of Topliss-reactive ketones (excluding diaryl/α,β-unsaturated/α-hetero) is 1. The number of hydrogen-bond acceptors (Lipinski definition) is 3. The van der Waals surface area contributed by atoms with E-state index in [2.05, 4.69) is 4.98 Å². The number of imidazole rings is 1. The van der Waals surface area contributed by atoms with E-state index in [1.54, 1.807) is 24.0 Å². The number of benzene rings is 1. The minimum Gasteiger partial charge on any atom is -0.332 e. The van der Waals surface area contributed by atoms with E-state index in [0.29, 0.717) is 5.82 Å². The highest BCUT2D eigenvalue weighted by Gasteiger charge is 2.20. The van der Waals surface area contributed by atoms with E-state index in [-0.39, 0.29) is 5.78 Å². The molecule has 1 heterocycles. The molecule has 2 rings (SSSR count). The molecule has 0 bridgehead atoms. The lowest BCUT2D eigenvalue weighted by molar-refractivity contribution is 0.0948. The fourth-order valence-corrected chi connectivity index (χ4v) is 1.55. The summed E-state index contributed by atoms with van der Waals surface area (Å²) in [4.78, 5) is 16.0. The molecule has 0 aliphatic carbocycles. The number of carbonyl (C=O) groups excluding carboxylic acids is 1. The zero-order valence-electron chi connectivity index (χ0n) is 9.00. The van der Waals surface area contributed by atoms with Gasteiger partial charge in [0, 0.05) is 19.4 Å². The van der Waals surface area contributed by atoms with Gasteiger partial charge in [-0.3, -0.25) is 4.79 Å². The Morgan fingerprint density at radius 2 is 2.06 bits per heavy atom. The van der Waals surface area contributed by atoms with Crippen LogP contribution in [0.15, 0.2) is 42.7 Å². The lowest BCUT2D eigenvalue weighted by Gasteiger charge is -2.10. The highest BCUT2D eigenvalue weighted by Crippen LogP contribution is 2.14. The van der Waals surface area contributed by atoms with Gasteiger partial charge in [-0.05, 0) is 5.56 Å². The van der Waals surface area contributed by atoms with E-state index < -0.39 is 6.04 Å². The fourth-order valence-electron chi connectivity index (χ4n) is 1.55. The second kappa shape index (κ2) is 4.28. The van der Waals surface area contributed by atoms with Crippen molar-refractivity contribution < 1.29 is 4.79 Å². The Morgan fingerprint density at radius 1 is 1.38 bits per heavy atom. The van der Waals surface area contributed by atoms with Gasteiger partial charge in [0.2, 0.25) is 5.78 Å². The molecule has 2 aromatic rings. The van der Waals surface area contributed by atoms with Crippen LogP contribution in [-0.2, 0) is 7.05 Å². The Balaban J connectivity index is 2.27. The summed E-state index contributed by atoms with van der Waals surface area (Å²) in [6, 6.07) is 8.64. The van der Waals surface area contributed by atoms with Crippen LogP contribution in [0.4, 0.5) is 0 Å². The van der Waals surface area contributed by atoms with E-state index >= 15 is 0 Å². The van der Waals surface area contributed by atoms with Crippen LogP contribution >= 0.6 is 0 Å². The Bertz CT molecular complexity index is 490. The molecule has 0 saturated carbocycles. The van der Waals surface area contributed by atoms with Crippen LogP contribution in [0.1, 0.15) is 22.2 Å². The van der Waals surface area contributed by atoms with Gasteiger partial charge < -0.3 is 10.3 Å². The summed E-state index contributed by atoms with van der Waals surface area (Å²) in [5.74, 6) is 0.218. The van der Waals surface area contributed by atoms with Crippen LogP contribution in [0.5, 0.6) is 0 Å². The largest absolute Gasteiger partial charge is 0.332 e. The molecule has 0 fully saturated rings. The number of ketones is 1. The maximum Gasteiger partial charge on any atom is 0.219 e. The topological polar surface area (TPSA) is 60.9 Å². The predicted molar refractivity (Wildman–Crippen MR) is 60.9 cm³/mol. The molecule has 1 aromatic heterocycles. The van der Waals surface area contributed by atoms with Crippen molar-refractivity contribution in [2.45, 2.75) is 6.04 Å². The third-order valence-corrected chi connectivity index (χ3v) is 2.48. The molecule has 4 nitrogen and oxygen atoms in total. The number of rotatable bonds is 3. The number of nitrogens with zero attached hydrogens (tertiary/aromatic N) is 2. The predicted octanol–water partition coefficient (Wildman–Crippen LogP) is 1.30. The van der Waals surface area contributed by atoms with Crippen LogP contribution in [-0.4, -0.2) is 15.3 Å². The van der Waals surface area contributed by atoms with E-state index in [9.17, 15) is 4.79 Å². The Labute approximate surface area is 93.7 Å². The van der Waals surface area contributed by atoms with Crippen LogP contribution in [0, 0.1) is 0 Å². The van der Waals surface area contributed by atoms with Crippen molar-refractivity contribution in [3.63, 3.8) is 0 Å². The Hall–Kier alpha value is -1.94. The van der Waals surface area contributed by atoms with Crippen molar-refractivity contribution in [1.82, 2.24) is 9.55 Å². The number of hydrogen-bond donors (Lipinski definition) is 1. The minimum absolute atomic E-state index is 0.168. The van der Waals surface area contributed by atoms with Crippen molar-refractivity contribution in [2.75, 3.05) is 0 Å². The van der Waals surface area contributed by atoms with Gasteiger partial charge in [0.1, 0.15) is 0 Å². The van der Waals surface area contributed by atoms with Gasteiger partial charge in [-0.2, -0.15) is 0 Å². The maximum atomic E-state index is 12.0. The fraction of sp³-hybridized carbons (Fsp3) is 0.167. The first kappa shape index (κ1) is 10.6. The summed E-state index contributed by atoms with van der Waals surface area (Å²) in [7, 11) is 1.78. The van der Waals surface area contributed by atoms with Gasteiger partial charge in [-0.25, -0.2) is 4.98 Å². The maximum absolute atomic E-state index is 12.0. The van der Waals surface area contributed by atoms with Crippen molar-refractivity contribution in [3.8, 4) is 0 Å². The molecule has 0 spiro atoms. The first-order chi connectivity index (χ1) is 7.70. The molecule has 0 radical (unpaired) electrons. The molecule has 1 atom stereocenters. The minimum atomic E-state index is -0.651. The van der Waals surface area contributed by atoms with Gasteiger partial charge in [0.15, 0.2) is 5.82 Å². The van der Waals surface area contributed by atoms with E-state index in [4.69, 9.17) is 5.73 Å². The molecule has 0 amide bonds. The van der Waals surface area contributed by atoms with Crippen LogP contribution in [0.25, 0.3) is 0 Å². The molecule has 0 saturated heterocycles. The lowest BCUT2D eigenvalue weighted by atomic mass is 10.0. The highest BCUT2D eigenvalue weighted by atomic mass is 16.1. The molecule has 0 aliphatic heterocycles. The molecular formula is C12H13N3O. The third kappa shape index (κ3) is 1.87.